The minimum Gasteiger partial charge on any atom is -0.496 e. The second-order valence-electron chi connectivity index (χ2n) is 9.05. The van der Waals surface area contributed by atoms with Gasteiger partial charge in [-0.1, -0.05) is 36.4 Å². The Balaban J connectivity index is 1.98. The van der Waals surface area contributed by atoms with Gasteiger partial charge in [0.25, 0.3) is 5.91 Å². The maximum atomic E-state index is 15.1. The first-order valence-electron chi connectivity index (χ1n) is 12.5. The fourth-order valence-corrected chi connectivity index (χ4v) is 4.28. The number of nitrogens with two attached hydrogens (primary N) is 1. The van der Waals surface area contributed by atoms with Crippen LogP contribution in [0.2, 0.25) is 0 Å². The van der Waals surface area contributed by atoms with E-state index in [4.69, 9.17) is 15.6 Å². The zero-order valence-electron chi connectivity index (χ0n) is 22.8. The van der Waals surface area contributed by atoms with Gasteiger partial charge in [0, 0.05) is 29.9 Å². The summed E-state index contributed by atoms with van der Waals surface area (Å²) < 4.78 is 20.6. The Labute approximate surface area is 228 Å². The smallest absolute Gasteiger partial charge is 0.251 e. The third kappa shape index (κ3) is 6.98. The number of rotatable bonds is 11. The van der Waals surface area contributed by atoms with E-state index in [1.165, 1.54) is 19.3 Å². The summed E-state index contributed by atoms with van der Waals surface area (Å²) in [6.45, 7) is 9.56. The molecular weight excluding hydrogens is 495 g/mol. The zero-order chi connectivity index (χ0) is 28.5. The molecule has 7 nitrogen and oxygen atoms in total. The van der Waals surface area contributed by atoms with E-state index >= 15 is 4.39 Å². The molecule has 8 heteroatoms. The lowest BCUT2D eigenvalue weighted by Crippen LogP contribution is -2.18. The monoisotopic (exact) mass is 530 g/mol. The van der Waals surface area contributed by atoms with Crippen molar-refractivity contribution in [3.05, 3.63) is 94.6 Å². The summed E-state index contributed by atoms with van der Waals surface area (Å²) in [6.07, 6.45) is 3.11. The van der Waals surface area contributed by atoms with Crippen LogP contribution in [-0.2, 0) is 11.3 Å². The molecule has 0 fully saturated rings. The molecule has 0 saturated carbocycles. The highest BCUT2D eigenvalue weighted by Crippen LogP contribution is 2.37. The predicted molar refractivity (Wildman–Crippen MR) is 156 cm³/mol. The maximum Gasteiger partial charge on any atom is 0.251 e. The van der Waals surface area contributed by atoms with Crippen LogP contribution in [0.15, 0.2) is 77.1 Å². The number of amides is 1. The van der Waals surface area contributed by atoms with Gasteiger partial charge in [-0.25, -0.2) is 9.38 Å². The first-order valence-corrected chi connectivity index (χ1v) is 12.5. The summed E-state index contributed by atoms with van der Waals surface area (Å²) in [5.74, 6) is 0.0144. The topological polar surface area (TPSA) is 109 Å². The number of carbonyl (C=O) groups excluding carboxylic acids is 1. The number of ether oxygens (including phenoxy) is 1. The van der Waals surface area contributed by atoms with Crippen LogP contribution in [-0.4, -0.2) is 38.0 Å². The van der Waals surface area contributed by atoms with E-state index in [0.29, 0.717) is 34.7 Å². The van der Waals surface area contributed by atoms with E-state index in [2.05, 4.69) is 22.3 Å². The van der Waals surface area contributed by atoms with Gasteiger partial charge in [0.05, 0.1) is 13.7 Å². The Hall–Kier alpha value is -4.27. The summed E-state index contributed by atoms with van der Waals surface area (Å²) in [6, 6.07) is 15.0. The first-order chi connectivity index (χ1) is 18.7. The van der Waals surface area contributed by atoms with Gasteiger partial charge in [0.15, 0.2) is 0 Å². The summed E-state index contributed by atoms with van der Waals surface area (Å²) in [5, 5.41) is 15.0. The SMILES string of the molecule is C=N/C(N)=C\C=C(/C)C(=O)Nc1cccc(-c2cccc(-c3cc(F)c(CNCCO)c(OC)c3)c2C)c1C. The van der Waals surface area contributed by atoms with Crippen LogP contribution in [0.1, 0.15) is 23.6 Å². The van der Waals surface area contributed by atoms with Crippen molar-refractivity contribution in [2.45, 2.75) is 27.3 Å². The molecular formula is C31H35FN4O3. The molecule has 3 rings (SSSR count). The highest BCUT2D eigenvalue weighted by molar-refractivity contribution is 6.04. The molecule has 0 bridgehead atoms. The van der Waals surface area contributed by atoms with E-state index in [0.717, 1.165) is 27.8 Å². The molecule has 3 aromatic rings. The molecule has 204 valence electrons. The van der Waals surface area contributed by atoms with Gasteiger partial charge in [-0.15, -0.1) is 0 Å². The number of hydrogen-bond acceptors (Lipinski definition) is 6. The second kappa shape index (κ2) is 13.5. The highest BCUT2D eigenvalue weighted by atomic mass is 19.1. The number of nitrogens with one attached hydrogen (secondary N) is 2. The molecule has 1 amide bonds. The molecule has 0 aliphatic carbocycles. The molecule has 0 aliphatic rings. The third-order valence-corrected chi connectivity index (χ3v) is 6.53. The van der Waals surface area contributed by atoms with Gasteiger partial charge < -0.3 is 26.2 Å². The Morgan fingerprint density at radius 2 is 1.77 bits per heavy atom. The molecule has 5 N–H and O–H groups in total. The number of allylic oxidation sites excluding steroid dienone is 2. The first kappa shape index (κ1) is 29.3. The van der Waals surface area contributed by atoms with Crippen molar-refractivity contribution in [3.8, 4) is 28.0 Å². The minimum absolute atomic E-state index is 0.0332. The third-order valence-electron chi connectivity index (χ3n) is 6.53. The van der Waals surface area contributed by atoms with Crippen molar-refractivity contribution in [1.82, 2.24) is 5.32 Å². The fraction of sp³-hybridized carbons (Fsp3) is 0.226. The lowest BCUT2D eigenvalue weighted by molar-refractivity contribution is -0.112. The number of aliphatic imine (C=N–C) groups is 1. The van der Waals surface area contributed by atoms with E-state index in [9.17, 15) is 4.79 Å². The van der Waals surface area contributed by atoms with Crippen molar-refractivity contribution in [2.75, 3.05) is 25.6 Å². The van der Waals surface area contributed by atoms with E-state index in [1.54, 1.807) is 13.0 Å². The number of nitrogens with zero attached hydrogens (tertiary/aromatic N) is 1. The van der Waals surface area contributed by atoms with Gasteiger partial charge in [-0.05, 0) is 85.1 Å². The van der Waals surface area contributed by atoms with Crippen LogP contribution >= 0.6 is 0 Å². The number of aliphatic hydroxyl groups excluding tert-OH is 1. The van der Waals surface area contributed by atoms with Crippen LogP contribution < -0.4 is 21.1 Å². The number of aliphatic hydroxyl groups is 1. The zero-order valence-corrected chi connectivity index (χ0v) is 22.8. The van der Waals surface area contributed by atoms with Crippen LogP contribution in [0.4, 0.5) is 10.1 Å². The second-order valence-corrected chi connectivity index (χ2v) is 9.05. The molecule has 0 heterocycles. The van der Waals surface area contributed by atoms with Crippen molar-refractivity contribution < 1.29 is 19.0 Å². The Kier molecular flexibility index (Phi) is 10.1. The molecule has 0 saturated heterocycles. The predicted octanol–water partition coefficient (Wildman–Crippen LogP) is 5.25. The van der Waals surface area contributed by atoms with E-state index < -0.39 is 0 Å². The largest absolute Gasteiger partial charge is 0.496 e. The number of carbonyl (C=O) groups is 1. The van der Waals surface area contributed by atoms with Crippen molar-refractivity contribution in [1.29, 1.82) is 0 Å². The van der Waals surface area contributed by atoms with Gasteiger partial charge in [0.1, 0.15) is 17.4 Å². The molecule has 0 radical (unpaired) electrons. The number of benzene rings is 3. The highest BCUT2D eigenvalue weighted by Gasteiger charge is 2.17. The van der Waals surface area contributed by atoms with Crippen molar-refractivity contribution in [2.24, 2.45) is 10.7 Å². The number of hydrogen-bond donors (Lipinski definition) is 4. The average Bonchev–Trinajstić information content (AvgIpc) is 2.93. The minimum atomic E-state index is -0.385. The van der Waals surface area contributed by atoms with Crippen LogP contribution in [0.25, 0.3) is 22.3 Å². The molecule has 0 aromatic heterocycles. The number of anilines is 1. The maximum absolute atomic E-state index is 15.1. The molecule has 39 heavy (non-hydrogen) atoms. The van der Waals surface area contributed by atoms with Gasteiger partial charge in [-0.2, -0.15) is 0 Å². The quantitative estimate of drug-likeness (QED) is 0.117. The lowest BCUT2D eigenvalue weighted by Gasteiger charge is -2.18. The molecule has 0 unspecified atom stereocenters. The Morgan fingerprint density at radius 3 is 2.44 bits per heavy atom. The van der Waals surface area contributed by atoms with Crippen LogP contribution in [0.5, 0.6) is 5.75 Å². The van der Waals surface area contributed by atoms with Gasteiger partial charge in [-0.3, -0.25) is 4.79 Å². The summed E-state index contributed by atoms with van der Waals surface area (Å²) in [7, 11) is 1.51. The van der Waals surface area contributed by atoms with Gasteiger partial charge in [0.2, 0.25) is 0 Å². The normalized spacial score (nSPS) is 11.8. The van der Waals surface area contributed by atoms with Crippen LogP contribution in [0.3, 0.4) is 0 Å². The number of methoxy groups -OCH3 is 1. The van der Waals surface area contributed by atoms with Crippen molar-refractivity contribution in [3.63, 3.8) is 0 Å². The fourth-order valence-electron chi connectivity index (χ4n) is 4.28. The summed E-state index contributed by atoms with van der Waals surface area (Å²) in [5.41, 5.74) is 12.5. The van der Waals surface area contributed by atoms with Crippen molar-refractivity contribution >= 4 is 18.3 Å². The van der Waals surface area contributed by atoms with Crippen LogP contribution in [0, 0.1) is 19.7 Å². The Morgan fingerprint density at radius 1 is 1.10 bits per heavy atom. The molecule has 0 spiro atoms. The average molecular weight is 531 g/mol. The van der Waals surface area contributed by atoms with Gasteiger partial charge >= 0.3 is 0 Å². The van der Waals surface area contributed by atoms with E-state index in [1.807, 2.05) is 56.3 Å². The van der Waals surface area contributed by atoms with E-state index in [-0.39, 0.29) is 30.7 Å². The molecule has 0 atom stereocenters. The number of halogens is 1. The lowest BCUT2D eigenvalue weighted by atomic mass is 9.90. The molecule has 3 aromatic carbocycles. The Bertz CT molecular complexity index is 1430. The standard InChI is InChI=1S/C31H35FN4O3/c1-19(12-13-30(33)34-4)31(38)36-28-11-7-10-25(21(28)3)24-9-6-8-23(20(24)2)22-16-27(32)26(18-35-14-15-37)29(17-22)39-5/h6-13,16-17,35,37H,4,14-15,18,33H2,1-3,5H3,(H,36,38)/b19-12+,30-13-. The molecule has 0 aliphatic heterocycles. The summed E-state index contributed by atoms with van der Waals surface area (Å²) >= 11 is 0. The summed E-state index contributed by atoms with van der Waals surface area (Å²) in [4.78, 5) is 16.4.